The van der Waals surface area contributed by atoms with Gasteiger partial charge in [0.15, 0.2) is 0 Å². The Morgan fingerprint density at radius 2 is 1.80 bits per heavy atom. The van der Waals surface area contributed by atoms with Crippen LogP contribution in [0.4, 0.5) is 0 Å². The molecule has 116 valence electrons. The van der Waals surface area contributed by atoms with Crippen LogP contribution in [0, 0.1) is 5.92 Å². The van der Waals surface area contributed by atoms with E-state index in [9.17, 15) is 9.59 Å². The van der Waals surface area contributed by atoms with E-state index in [0.29, 0.717) is 6.61 Å². The monoisotopic (exact) mass is 286 g/mol. The van der Waals surface area contributed by atoms with Gasteiger partial charge < -0.3 is 14.7 Å². The second-order valence-corrected chi connectivity index (χ2v) is 5.35. The molecule has 2 atom stereocenters. The van der Waals surface area contributed by atoms with Crippen molar-refractivity contribution in [3.8, 4) is 0 Å². The van der Waals surface area contributed by atoms with E-state index >= 15 is 0 Å². The molecule has 1 saturated heterocycles. The van der Waals surface area contributed by atoms with Gasteiger partial charge in [0.25, 0.3) is 0 Å². The van der Waals surface area contributed by atoms with Gasteiger partial charge in [-0.25, -0.2) is 0 Å². The molecule has 0 aromatic heterocycles. The Morgan fingerprint density at radius 1 is 1.20 bits per heavy atom. The quantitative estimate of drug-likeness (QED) is 0.710. The number of rotatable bonds is 8. The Kier molecular flexibility index (Phi) is 6.95. The fraction of sp³-hybridized carbons (Fsp3) is 0.857. The molecule has 0 aromatic rings. The lowest BCUT2D eigenvalue weighted by molar-refractivity contribution is -0.144. The van der Waals surface area contributed by atoms with E-state index in [1.165, 1.54) is 0 Å². The number of nitrogens with zero attached hydrogens (tertiary/aromatic N) is 2. The lowest BCUT2D eigenvalue weighted by atomic mass is 10.0. The minimum Gasteiger partial charge on any atom is -0.481 e. The maximum atomic E-state index is 12.3. The van der Waals surface area contributed by atoms with E-state index in [1.54, 1.807) is 7.05 Å². The van der Waals surface area contributed by atoms with Gasteiger partial charge in [-0.3, -0.25) is 14.5 Å². The first-order valence-corrected chi connectivity index (χ1v) is 7.29. The van der Waals surface area contributed by atoms with Crippen LogP contribution in [0.2, 0.25) is 0 Å². The number of likely N-dealkylation sites (N-methyl/N-ethyl adjacent to an activating group) is 1. The van der Waals surface area contributed by atoms with Crippen LogP contribution in [-0.4, -0.2) is 72.7 Å². The average Bonchev–Trinajstić information content (AvgIpc) is 2.87. The Hall–Kier alpha value is -1.14. The maximum Gasteiger partial charge on any atom is 0.310 e. The van der Waals surface area contributed by atoms with Crippen molar-refractivity contribution in [1.82, 2.24) is 9.80 Å². The summed E-state index contributed by atoms with van der Waals surface area (Å²) in [6.45, 7) is 6.45. The Balaban J connectivity index is 2.57. The summed E-state index contributed by atoms with van der Waals surface area (Å²) < 4.78 is 5.24. The summed E-state index contributed by atoms with van der Waals surface area (Å²) in [5.41, 5.74) is 0. The highest BCUT2D eigenvalue weighted by molar-refractivity contribution is 5.78. The maximum absolute atomic E-state index is 12.3. The van der Waals surface area contributed by atoms with E-state index in [0.717, 1.165) is 25.9 Å². The summed E-state index contributed by atoms with van der Waals surface area (Å²) in [5, 5.41) is 9.14. The third kappa shape index (κ3) is 4.45. The number of amides is 1. The average molecular weight is 286 g/mol. The van der Waals surface area contributed by atoms with Crippen molar-refractivity contribution in [2.24, 2.45) is 5.92 Å². The van der Waals surface area contributed by atoms with Gasteiger partial charge in [-0.05, 0) is 19.9 Å². The molecule has 1 amide bonds. The van der Waals surface area contributed by atoms with Gasteiger partial charge in [-0.2, -0.15) is 0 Å². The molecule has 0 radical (unpaired) electrons. The zero-order valence-corrected chi connectivity index (χ0v) is 12.7. The van der Waals surface area contributed by atoms with Crippen molar-refractivity contribution in [2.45, 2.75) is 32.7 Å². The van der Waals surface area contributed by atoms with Crippen LogP contribution >= 0.6 is 0 Å². The SMILES string of the molecule is CCCN(CCC)C(=O)CN(C)C1COCC1C(=O)O. The van der Waals surface area contributed by atoms with Crippen LogP contribution in [0.5, 0.6) is 0 Å². The number of hydrogen-bond acceptors (Lipinski definition) is 4. The largest absolute Gasteiger partial charge is 0.481 e. The standard InChI is InChI=1S/C14H26N2O4/c1-4-6-16(7-5-2)13(17)8-15(3)12-10-20-9-11(12)14(18)19/h11-12H,4-10H2,1-3H3,(H,18,19). The fourth-order valence-electron chi connectivity index (χ4n) is 2.54. The minimum atomic E-state index is -0.856. The zero-order valence-electron chi connectivity index (χ0n) is 12.7. The van der Waals surface area contributed by atoms with Crippen molar-refractivity contribution >= 4 is 11.9 Å². The van der Waals surface area contributed by atoms with Gasteiger partial charge in [0.1, 0.15) is 0 Å². The van der Waals surface area contributed by atoms with Gasteiger partial charge in [0.05, 0.1) is 25.7 Å². The molecule has 20 heavy (non-hydrogen) atoms. The molecule has 0 bridgehead atoms. The summed E-state index contributed by atoms with van der Waals surface area (Å²) in [6, 6.07) is -0.221. The summed E-state index contributed by atoms with van der Waals surface area (Å²) in [4.78, 5) is 27.1. The molecule has 0 spiro atoms. The fourth-order valence-corrected chi connectivity index (χ4v) is 2.54. The van der Waals surface area contributed by atoms with E-state index in [2.05, 4.69) is 0 Å². The van der Waals surface area contributed by atoms with Crippen molar-refractivity contribution in [1.29, 1.82) is 0 Å². The summed E-state index contributed by atoms with van der Waals surface area (Å²) >= 11 is 0. The molecule has 1 aliphatic rings. The van der Waals surface area contributed by atoms with Crippen LogP contribution in [0.25, 0.3) is 0 Å². The third-order valence-electron chi connectivity index (χ3n) is 3.66. The van der Waals surface area contributed by atoms with Gasteiger partial charge in [0.2, 0.25) is 5.91 Å². The molecule has 0 saturated carbocycles. The van der Waals surface area contributed by atoms with E-state index in [-0.39, 0.29) is 25.1 Å². The van der Waals surface area contributed by atoms with E-state index in [4.69, 9.17) is 9.84 Å². The van der Waals surface area contributed by atoms with Crippen molar-refractivity contribution in [2.75, 3.05) is 39.9 Å². The Labute approximate surface area is 120 Å². The van der Waals surface area contributed by atoms with Crippen LogP contribution in [0.3, 0.4) is 0 Å². The molecule has 0 aliphatic carbocycles. The topological polar surface area (TPSA) is 70.1 Å². The predicted octanol–water partition coefficient (Wildman–Crippen LogP) is 0.666. The predicted molar refractivity (Wildman–Crippen MR) is 75.5 cm³/mol. The lowest BCUT2D eigenvalue weighted by Gasteiger charge is -2.29. The molecule has 1 fully saturated rings. The zero-order chi connectivity index (χ0) is 15.1. The molecule has 1 N–H and O–H groups in total. The third-order valence-corrected chi connectivity index (χ3v) is 3.66. The summed E-state index contributed by atoms with van der Waals surface area (Å²) in [7, 11) is 1.79. The van der Waals surface area contributed by atoms with Gasteiger partial charge in [0, 0.05) is 19.1 Å². The second kappa shape index (κ2) is 8.21. The van der Waals surface area contributed by atoms with Gasteiger partial charge in [-0.1, -0.05) is 13.8 Å². The van der Waals surface area contributed by atoms with Crippen LogP contribution in [0.1, 0.15) is 26.7 Å². The molecule has 6 heteroatoms. The lowest BCUT2D eigenvalue weighted by Crippen LogP contribution is -2.47. The Bertz CT molecular complexity index is 329. The minimum absolute atomic E-state index is 0.0623. The molecule has 2 unspecified atom stereocenters. The van der Waals surface area contributed by atoms with E-state index in [1.807, 2.05) is 23.6 Å². The number of hydrogen-bond donors (Lipinski definition) is 1. The van der Waals surface area contributed by atoms with Crippen molar-refractivity contribution < 1.29 is 19.4 Å². The first-order chi connectivity index (χ1) is 9.51. The number of carboxylic acids is 1. The van der Waals surface area contributed by atoms with Crippen LogP contribution in [0.15, 0.2) is 0 Å². The molecule has 1 rings (SSSR count). The van der Waals surface area contributed by atoms with Gasteiger partial charge in [-0.15, -0.1) is 0 Å². The van der Waals surface area contributed by atoms with Crippen LogP contribution < -0.4 is 0 Å². The smallest absolute Gasteiger partial charge is 0.310 e. The first kappa shape index (κ1) is 16.9. The highest BCUT2D eigenvalue weighted by Crippen LogP contribution is 2.19. The normalized spacial score (nSPS) is 22.2. The second-order valence-electron chi connectivity index (χ2n) is 5.35. The molecular formula is C14H26N2O4. The molecule has 1 heterocycles. The Morgan fingerprint density at radius 3 is 2.30 bits per heavy atom. The van der Waals surface area contributed by atoms with Crippen molar-refractivity contribution in [3.63, 3.8) is 0 Å². The summed E-state index contributed by atoms with van der Waals surface area (Å²) in [6.07, 6.45) is 1.86. The summed E-state index contributed by atoms with van der Waals surface area (Å²) in [5.74, 6) is -1.34. The van der Waals surface area contributed by atoms with Crippen molar-refractivity contribution in [3.05, 3.63) is 0 Å². The van der Waals surface area contributed by atoms with Gasteiger partial charge >= 0.3 is 5.97 Å². The number of aliphatic carboxylic acids is 1. The highest BCUT2D eigenvalue weighted by atomic mass is 16.5. The number of ether oxygens (including phenoxy) is 1. The highest BCUT2D eigenvalue weighted by Gasteiger charge is 2.37. The molecule has 0 aromatic carbocycles. The molecule has 1 aliphatic heterocycles. The number of carboxylic acid groups (broad SMARTS) is 1. The molecule has 6 nitrogen and oxygen atoms in total. The number of carbonyl (C=O) groups excluding carboxylic acids is 1. The first-order valence-electron chi connectivity index (χ1n) is 7.29. The molecular weight excluding hydrogens is 260 g/mol. The van der Waals surface area contributed by atoms with Crippen LogP contribution in [-0.2, 0) is 14.3 Å². The van der Waals surface area contributed by atoms with E-state index < -0.39 is 11.9 Å². The number of carbonyl (C=O) groups is 2.